The number of aromatic nitrogens is 4. The first-order chi connectivity index (χ1) is 20.8. The summed E-state index contributed by atoms with van der Waals surface area (Å²) in [6.45, 7) is 5.95. The number of halogens is 4. The molecule has 6 rings (SSSR count). The molecule has 1 saturated heterocycles. The normalized spacial score (nSPS) is 20.2. The van der Waals surface area contributed by atoms with Crippen LogP contribution >= 0.6 is 0 Å². The fraction of sp³-hybridized carbons (Fsp3) is 0.379. The van der Waals surface area contributed by atoms with E-state index in [2.05, 4.69) is 21.6 Å². The Morgan fingerprint density at radius 1 is 1.16 bits per heavy atom. The van der Waals surface area contributed by atoms with Gasteiger partial charge in [-0.15, -0.1) is 0 Å². The molecule has 3 amide bonds. The van der Waals surface area contributed by atoms with Crippen molar-refractivity contribution in [2.24, 2.45) is 5.92 Å². The quantitative estimate of drug-likeness (QED) is 0.329. The molecule has 2 atom stereocenters. The Bertz CT molecular complexity index is 1690. The van der Waals surface area contributed by atoms with E-state index >= 15 is 4.39 Å². The summed E-state index contributed by atoms with van der Waals surface area (Å²) >= 11 is 0. The molecule has 0 spiro atoms. The van der Waals surface area contributed by atoms with Crippen LogP contribution in [-0.4, -0.2) is 68.5 Å². The fourth-order valence-electron chi connectivity index (χ4n) is 6.15. The van der Waals surface area contributed by atoms with Gasteiger partial charge in [-0.1, -0.05) is 12.6 Å². The Morgan fingerprint density at radius 3 is 2.66 bits per heavy atom. The first-order valence-corrected chi connectivity index (χ1v) is 13.9. The minimum Gasteiger partial charge on any atom is -0.359 e. The highest BCUT2D eigenvalue weighted by Crippen LogP contribution is 2.41. The molecule has 2 aromatic heterocycles. The maximum Gasteiger partial charge on any atom is 0.416 e. The molecule has 0 radical (unpaired) electrons. The van der Waals surface area contributed by atoms with E-state index in [0.29, 0.717) is 24.7 Å². The number of alkyl halides is 3. The number of para-hydroxylation sites is 1. The minimum absolute atomic E-state index is 0.00329. The Labute approximate surface area is 249 Å². The van der Waals surface area contributed by atoms with Crippen LogP contribution in [-0.2, 0) is 40.2 Å². The summed E-state index contributed by atoms with van der Waals surface area (Å²) in [7, 11) is 1.44. The molecule has 230 valence electrons. The average molecular weight is 613 g/mol. The molecule has 3 aliphatic rings. The lowest BCUT2D eigenvalue weighted by Gasteiger charge is -2.38. The van der Waals surface area contributed by atoms with Crippen molar-refractivity contribution in [1.82, 2.24) is 24.6 Å². The highest BCUT2D eigenvalue weighted by molar-refractivity contribution is 6.10. The van der Waals surface area contributed by atoms with E-state index < -0.39 is 41.3 Å². The molecular weight excluding hydrogens is 584 g/mol. The van der Waals surface area contributed by atoms with Gasteiger partial charge in [0.05, 0.1) is 36.6 Å². The van der Waals surface area contributed by atoms with Gasteiger partial charge in [0.25, 0.3) is 0 Å². The van der Waals surface area contributed by atoms with Gasteiger partial charge in [-0.25, -0.2) is 19.0 Å². The second-order valence-electron chi connectivity index (χ2n) is 11.0. The molecule has 0 bridgehead atoms. The van der Waals surface area contributed by atoms with Crippen LogP contribution in [0.15, 0.2) is 43.0 Å². The maximum absolute atomic E-state index is 15.5. The van der Waals surface area contributed by atoms with Gasteiger partial charge >= 0.3 is 6.18 Å². The molecule has 11 nitrogen and oxygen atoms in total. The number of likely N-dealkylation sites (N-methyl/N-ethyl adjacent to an activating group) is 1. The van der Waals surface area contributed by atoms with Gasteiger partial charge in [-0.3, -0.25) is 19.3 Å². The van der Waals surface area contributed by atoms with Gasteiger partial charge in [-0.2, -0.15) is 18.3 Å². The Balaban J connectivity index is 1.39. The zero-order valence-corrected chi connectivity index (χ0v) is 23.9. The summed E-state index contributed by atoms with van der Waals surface area (Å²) in [6, 6.07) is 4.71. The predicted octanol–water partition coefficient (Wildman–Crippen LogP) is 3.07. The lowest BCUT2D eigenvalue weighted by molar-refractivity contribution is -0.137. The number of carbonyl (C=O) groups excluding carboxylic acids is 3. The van der Waals surface area contributed by atoms with Crippen LogP contribution in [0.1, 0.15) is 29.3 Å². The Hall–Kier alpha value is -4.82. The van der Waals surface area contributed by atoms with Crippen molar-refractivity contribution in [1.29, 1.82) is 0 Å². The first kappa shape index (κ1) is 29.3. The number of rotatable bonds is 4. The van der Waals surface area contributed by atoms with Crippen molar-refractivity contribution in [3.63, 3.8) is 0 Å². The number of hydrogen-bond acceptors (Lipinski definition) is 7. The molecule has 0 unspecified atom stereocenters. The lowest BCUT2D eigenvalue weighted by atomic mass is 9.95. The summed E-state index contributed by atoms with van der Waals surface area (Å²) in [5.74, 6) is -2.10. The summed E-state index contributed by atoms with van der Waals surface area (Å²) in [6.07, 6.45) is -3.64. The molecule has 1 fully saturated rings. The lowest BCUT2D eigenvalue weighted by Crippen LogP contribution is -2.52. The number of aryl methyl sites for hydroxylation is 1. The monoisotopic (exact) mass is 612 g/mol. The number of fused-ring (bicyclic) bond motifs is 3. The minimum atomic E-state index is -4.69. The van der Waals surface area contributed by atoms with Gasteiger partial charge in [0.1, 0.15) is 23.5 Å². The Kier molecular flexibility index (Phi) is 7.13. The van der Waals surface area contributed by atoms with E-state index in [9.17, 15) is 27.6 Å². The van der Waals surface area contributed by atoms with Gasteiger partial charge in [0, 0.05) is 38.2 Å². The third kappa shape index (κ3) is 5.05. The zero-order valence-electron chi connectivity index (χ0n) is 23.9. The smallest absolute Gasteiger partial charge is 0.359 e. The predicted molar refractivity (Wildman–Crippen MR) is 150 cm³/mol. The Morgan fingerprint density at radius 2 is 1.93 bits per heavy atom. The topological polar surface area (TPSA) is 108 Å². The van der Waals surface area contributed by atoms with Crippen molar-refractivity contribution < 1.29 is 31.9 Å². The van der Waals surface area contributed by atoms with Crippen molar-refractivity contribution in [2.75, 3.05) is 34.8 Å². The van der Waals surface area contributed by atoms with E-state index in [4.69, 9.17) is 0 Å². The maximum atomic E-state index is 15.5. The van der Waals surface area contributed by atoms with Crippen LogP contribution in [0.2, 0.25) is 0 Å². The van der Waals surface area contributed by atoms with Crippen LogP contribution in [0.5, 0.6) is 0 Å². The summed E-state index contributed by atoms with van der Waals surface area (Å²) in [5.41, 5.74) is -0.625. The van der Waals surface area contributed by atoms with Crippen LogP contribution < -0.4 is 14.7 Å². The molecular formula is C29H28F4N8O3. The van der Waals surface area contributed by atoms with Crippen LogP contribution in [0.3, 0.4) is 0 Å². The SMILES string of the molecule is C=CC(=O)N1CCn2nc(CN3C[C@H]4CC(=O)N(c5cc(C(F)(F)F)cc(C)n5)[C@@H]4C(=O)N(C)c4cccc(F)c43)nc2C1. The largest absolute Gasteiger partial charge is 0.416 e. The number of carbonyl (C=O) groups is 3. The van der Waals surface area contributed by atoms with Gasteiger partial charge in [0.2, 0.25) is 17.7 Å². The number of amides is 3. The van der Waals surface area contributed by atoms with Gasteiger partial charge < -0.3 is 14.7 Å². The number of nitrogens with zero attached hydrogens (tertiary/aromatic N) is 8. The van der Waals surface area contributed by atoms with E-state index in [0.717, 1.165) is 17.0 Å². The summed E-state index contributed by atoms with van der Waals surface area (Å²) < 4.78 is 58.2. The number of pyridine rings is 1. The third-order valence-electron chi connectivity index (χ3n) is 8.15. The molecule has 5 heterocycles. The van der Waals surface area contributed by atoms with E-state index in [1.54, 1.807) is 20.5 Å². The van der Waals surface area contributed by atoms with Gasteiger partial charge in [0.15, 0.2) is 5.82 Å². The zero-order chi connectivity index (χ0) is 31.5. The standard InChI is InChI=1S/C29H28F4N8O3/c1-4-24(42)38-8-9-40-23(15-38)35-21(36-40)14-39-13-17-11-25(43)41(22-12-18(29(31,32)33)10-16(2)34-22)26(17)28(44)37(3)20-7-5-6-19(30)27(20)39/h4-7,10,12,17,26H,1,8-9,11,13-15H2,2-3H3/t17-,26+/m1/s1. The van der Waals surface area contributed by atoms with Crippen molar-refractivity contribution >= 4 is 34.9 Å². The molecule has 3 aromatic rings. The van der Waals surface area contributed by atoms with E-state index in [1.165, 1.54) is 37.1 Å². The highest BCUT2D eigenvalue weighted by atomic mass is 19.4. The van der Waals surface area contributed by atoms with Crippen LogP contribution in [0, 0.1) is 18.7 Å². The molecule has 15 heteroatoms. The summed E-state index contributed by atoms with van der Waals surface area (Å²) in [5, 5.41) is 4.56. The first-order valence-electron chi connectivity index (χ1n) is 13.9. The van der Waals surface area contributed by atoms with Crippen molar-refractivity contribution in [3.8, 4) is 0 Å². The van der Waals surface area contributed by atoms with Crippen LogP contribution in [0.25, 0.3) is 0 Å². The second kappa shape index (κ2) is 10.7. The molecule has 0 saturated carbocycles. The fourth-order valence-corrected chi connectivity index (χ4v) is 6.15. The highest BCUT2D eigenvalue weighted by Gasteiger charge is 2.49. The molecule has 1 aromatic carbocycles. The average Bonchev–Trinajstić information content (AvgIpc) is 3.53. The van der Waals surface area contributed by atoms with Crippen molar-refractivity contribution in [2.45, 2.75) is 45.2 Å². The second-order valence-corrected chi connectivity index (χ2v) is 11.0. The van der Waals surface area contributed by atoms with E-state index in [-0.39, 0.29) is 54.8 Å². The molecule has 0 aliphatic carbocycles. The van der Waals surface area contributed by atoms with E-state index in [1.807, 2.05) is 0 Å². The molecule has 0 N–H and O–H groups in total. The summed E-state index contributed by atoms with van der Waals surface area (Å²) in [4.78, 5) is 53.8. The number of anilines is 3. The third-order valence-corrected chi connectivity index (χ3v) is 8.15. The van der Waals surface area contributed by atoms with Crippen molar-refractivity contribution in [3.05, 3.63) is 71.7 Å². The number of benzene rings is 1. The van der Waals surface area contributed by atoms with Crippen LogP contribution in [0.4, 0.5) is 34.8 Å². The number of hydrogen-bond donors (Lipinski definition) is 0. The molecule has 44 heavy (non-hydrogen) atoms. The molecule has 3 aliphatic heterocycles. The van der Waals surface area contributed by atoms with Gasteiger partial charge in [-0.05, 0) is 37.3 Å².